The van der Waals surface area contributed by atoms with E-state index in [1.165, 1.54) is 37.7 Å². The molecule has 1 aliphatic rings. The molecule has 0 spiro atoms. The average Bonchev–Trinajstić information content (AvgIpc) is 2.54. The lowest BCUT2D eigenvalue weighted by Gasteiger charge is -2.23. The molecule has 1 heterocycles. The van der Waals surface area contributed by atoms with Gasteiger partial charge in [0.05, 0.1) is 0 Å². The van der Waals surface area contributed by atoms with Gasteiger partial charge >= 0.3 is 0 Å². The molecule has 1 aromatic heterocycles. The van der Waals surface area contributed by atoms with Crippen LogP contribution < -0.4 is 0 Å². The van der Waals surface area contributed by atoms with Gasteiger partial charge in [-0.05, 0) is 31.4 Å². The molecule has 1 saturated carbocycles. The van der Waals surface area contributed by atoms with Crippen LogP contribution in [-0.4, -0.2) is 4.57 Å². The number of nitrogens with zero attached hydrogens (tertiary/aromatic N) is 1. The third-order valence-electron chi connectivity index (χ3n) is 2.86. The van der Waals surface area contributed by atoms with Crippen molar-refractivity contribution in [3.05, 3.63) is 24.0 Å². The minimum atomic E-state index is 0.799. The standard InChI is InChI=1S/C11H17N/c1-10-7-8-12(9-10)11-5-3-2-4-6-11/h7-9,11H,2-6H2,1H3. The summed E-state index contributed by atoms with van der Waals surface area (Å²) in [4.78, 5) is 0. The average molecular weight is 163 g/mol. The van der Waals surface area contributed by atoms with E-state index in [0.717, 1.165) is 6.04 Å². The third-order valence-corrected chi connectivity index (χ3v) is 2.86. The molecule has 1 nitrogen and oxygen atoms in total. The number of aryl methyl sites for hydroxylation is 1. The molecular formula is C11H17N. The van der Waals surface area contributed by atoms with Crippen LogP contribution >= 0.6 is 0 Å². The van der Waals surface area contributed by atoms with Gasteiger partial charge in [0.2, 0.25) is 0 Å². The van der Waals surface area contributed by atoms with Crippen molar-refractivity contribution in [2.45, 2.75) is 45.1 Å². The van der Waals surface area contributed by atoms with Crippen LogP contribution in [0.25, 0.3) is 0 Å². The van der Waals surface area contributed by atoms with Crippen LogP contribution in [0.3, 0.4) is 0 Å². The zero-order valence-corrected chi connectivity index (χ0v) is 7.79. The van der Waals surface area contributed by atoms with Crippen molar-refractivity contribution < 1.29 is 0 Å². The maximum absolute atomic E-state index is 2.40. The molecule has 0 amide bonds. The summed E-state index contributed by atoms with van der Waals surface area (Å²) in [5.41, 5.74) is 1.39. The Morgan fingerprint density at radius 3 is 2.58 bits per heavy atom. The molecule has 1 heteroatoms. The highest BCUT2D eigenvalue weighted by Crippen LogP contribution is 2.28. The lowest BCUT2D eigenvalue weighted by molar-refractivity contribution is 0.354. The van der Waals surface area contributed by atoms with Crippen LogP contribution in [-0.2, 0) is 0 Å². The van der Waals surface area contributed by atoms with E-state index in [0.29, 0.717) is 0 Å². The van der Waals surface area contributed by atoms with Crippen LogP contribution in [0.4, 0.5) is 0 Å². The van der Waals surface area contributed by atoms with Gasteiger partial charge in [-0.1, -0.05) is 19.3 Å². The molecule has 1 aromatic rings. The fourth-order valence-electron chi connectivity index (χ4n) is 2.13. The molecule has 0 atom stereocenters. The minimum Gasteiger partial charge on any atom is -0.351 e. The van der Waals surface area contributed by atoms with E-state index in [1.807, 2.05) is 0 Å². The van der Waals surface area contributed by atoms with Crippen molar-refractivity contribution in [1.29, 1.82) is 0 Å². The summed E-state index contributed by atoms with van der Waals surface area (Å²) in [6.07, 6.45) is 11.5. The van der Waals surface area contributed by atoms with Gasteiger partial charge in [0.25, 0.3) is 0 Å². The lowest BCUT2D eigenvalue weighted by Crippen LogP contribution is -2.10. The summed E-state index contributed by atoms with van der Waals surface area (Å²) in [6, 6.07) is 3.00. The van der Waals surface area contributed by atoms with Crippen LogP contribution in [0.2, 0.25) is 0 Å². The van der Waals surface area contributed by atoms with Crippen molar-refractivity contribution in [1.82, 2.24) is 4.57 Å². The topological polar surface area (TPSA) is 4.93 Å². The second kappa shape index (κ2) is 3.34. The van der Waals surface area contributed by atoms with E-state index in [-0.39, 0.29) is 0 Å². The molecule has 0 unspecified atom stereocenters. The summed E-state index contributed by atoms with van der Waals surface area (Å²) < 4.78 is 2.40. The Labute approximate surface area is 74.4 Å². The fraction of sp³-hybridized carbons (Fsp3) is 0.636. The zero-order valence-electron chi connectivity index (χ0n) is 7.79. The predicted molar refractivity (Wildman–Crippen MR) is 51.3 cm³/mol. The van der Waals surface area contributed by atoms with Crippen LogP contribution in [0.15, 0.2) is 18.5 Å². The van der Waals surface area contributed by atoms with Gasteiger partial charge in [0.1, 0.15) is 0 Å². The Morgan fingerprint density at radius 1 is 1.25 bits per heavy atom. The Kier molecular flexibility index (Phi) is 2.20. The Hall–Kier alpha value is -0.720. The molecule has 0 aromatic carbocycles. The summed E-state index contributed by atoms with van der Waals surface area (Å²) in [7, 11) is 0. The van der Waals surface area contributed by atoms with E-state index >= 15 is 0 Å². The molecule has 0 saturated heterocycles. The number of rotatable bonds is 1. The first kappa shape index (κ1) is 7.90. The largest absolute Gasteiger partial charge is 0.351 e. The highest BCUT2D eigenvalue weighted by Gasteiger charge is 2.13. The summed E-state index contributed by atoms with van der Waals surface area (Å²) in [5.74, 6) is 0. The molecule has 2 rings (SSSR count). The zero-order chi connectivity index (χ0) is 8.39. The smallest absolute Gasteiger partial charge is 0.0330 e. The van der Waals surface area contributed by atoms with Crippen LogP contribution in [0.1, 0.15) is 43.7 Å². The summed E-state index contributed by atoms with van der Waals surface area (Å²) in [5, 5.41) is 0. The van der Waals surface area contributed by atoms with Gasteiger partial charge in [0, 0.05) is 18.4 Å². The predicted octanol–water partition coefficient (Wildman–Crippen LogP) is 3.30. The normalized spacial score (nSPS) is 19.8. The van der Waals surface area contributed by atoms with E-state index in [1.54, 1.807) is 0 Å². The highest BCUT2D eigenvalue weighted by atomic mass is 15.0. The monoisotopic (exact) mass is 163 g/mol. The molecule has 66 valence electrons. The van der Waals surface area contributed by atoms with E-state index in [2.05, 4.69) is 30.0 Å². The molecule has 1 fully saturated rings. The first-order chi connectivity index (χ1) is 5.86. The molecule has 0 N–H and O–H groups in total. The maximum atomic E-state index is 2.40. The minimum absolute atomic E-state index is 0.799. The van der Waals surface area contributed by atoms with E-state index in [4.69, 9.17) is 0 Å². The lowest BCUT2D eigenvalue weighted by atomic mass is 9.95. The Balaban J connectivity index is 2.08. The quantitative estimate of drug-likeness (QED) is 0.598. The molecular weight excluding hydrogens is 146 g/mol. The summed E-state index contributed by atoms with van der Waals surface area (Å²) >= 11 is 0. The van der Waals surface area contributed by atoms with Gasteiger partial charge in [-0.15, -0.1) is 0 Å². The number of hydrogen-bond acceptors (Lipinski definition) is 0. The van der Waals surface area contributed by atoms with Gasteiger partial charge in [-0.25, -0.2) is 0 Å². The first-order valence-corrected chi connectivity index (χ1v) is 5.00. The van der Waals surface area contributed by atoms with Gasteiger partial charge in [-0.3, -0.25) is 0 Å². The van der Waals surface area contributed by atoms with E-state index < -0.39 is 0 Å². The van der Waals surface area contributed by atoms with Gasteiger partial charge < -0.3 is 4.57 Å². The second-order valence-electron chi connectivity index (χ2n) is 3.93. The molecule has 12 heavy (non-hydrogen) atoms. The summed E-state index contributed by atoms with van der Waals surface area (Å²) in [6.45, 7) is 2.17. The number of hydrogen-bond donors (Lipinski definition) is 0. The second-order valence-corrected chi connectivity index (χ2v) is 3.93. The molecule has 0 radical (unpaired) electrons. The number of aromatic nitrogens is 1. The van der Waals surface area contributed by atoms with Gasteiger partial charge in [-0.2, -0.15) is 0 Å². The van der Waals surface area contributed by atoms with Gasteiger partial charge in [0.15, 0.2) is 0 Å². The maximum Gasteiger partial charge on any atom is 0.0330 e. The highest BCUT2D eigenvalue weighted by molar-refractivity contribution is 5.08. The van der Waals surface area contributed by atoms with E-state index in [9.17, 15) is 0 Å². The van der Waals surface area contributed by atoms with Crippen molar-refractivity contribution >= 4 is 0 Å². The molecule has 0 bridgehead atoms. The van der Waals surface area contributed by atoms with Crippen molar-refractivity contribution in [3.8, 4) is 0 Å². The van der Waals surface area contributed by atoms with Crippen molar-refractivity contribution in [2.24, 2.45) is 0 Å². The van der Waals surface area contributed by atoms with Crippen molar-refractivity contribution in [2.75, 3.05) is 0 Å². The van der Waals surface area contributed by atoms with Crippen LogP contribution in [0, 0.1) is 6.92 Å². The Bertz CT molecular complexity index is 243. The first-order valence-electron chi connectivity index (χ1n) is 5.00. The molecule has 1 aliphatic carbocycles. The van der Waals surface area contributed by atoms with Crippen LogP contribution in [0.5, 0.6) is 0 Å². The Morgan fingerprint density at radius 2 is 2.00 bits per heavy atom. The molecule has 0 aliphatic heterocycles. The SMILES string of the molecule is Cc1ccn(C2CCCCC2)c1. The van der Waals surface area contributed by atoms with Crippen molar-refractivity contribution in [3.63, 3.8) is 0 Å². The fourth-order valence-corrected chi connectivity index (χ4v) is 2.13. The third kappa shape index (κ3) is 1.55.